The van der Waals surface area contributed by atoms with Crippen LogP contribution in [0.15, 0.2) is 48.7 Å². The van der Waals surface area contributed by atoms with Gasteiger partial charge in [-0.1, -0.05) is 51.3 Å². The Balaban J connectivity index is 2.31. The quantitative estimate of drug-likeness (QED) is 0.485. The van der Waals surface area contributed by atoms with E-state index in [-0.39, 0.29) is 12.1 Å². The van der Waals surface area contributed by atoms with Crippen molar-refractivity contribution in [3.8, 4) is 17.2 Å². The Morgan fingerprint density at radius 2 is 1.67 bits per heavy atom. The number of benzene rings is 2. The van der Waals surface area contributed by atoms with Gasteiger partial charge in [-0.2, -0.15) is 0 Å². The van der Waals surface area contributed by atoms with Crippen LogP contribution in [0.3, 0.4) is 0 Å². The zero-order valence-electron chi connectivity index (χ0n) is 18.7. The summed E-state index contributed by atoms with van der Waals surface area (Å²) in [5, 5.41) is 0. The predicted octanol–water partition coefficient (Wildman–Crippen LogP) is 5.44. The highest BCUT2D eigenvalue weighted by Crippen LogP contribution is 2.36. The Bertz CT molecular complexity index is 803. The van der Waals surface area contributed by atoms with Gasteiger partial charge in [0.05, 0.1) is 26.4 Å². The minimum absolute atomic E-state index is 0.166. The number of methoxy groups -OCH3 is 2. The van der Waals surface area contributed by atoms with Crippen LogP contribution in [0, 0.1) is 0 Å². The normalized spacial score (nSPS) is 13.6. The number of nitrogens with two attached hydrogens (primary N) is 2. The molecule has 2 rings (SSSR count). The number of unbranched alkanes of at least 4 members (excludes halogenated alkanes) is 1. The molecule has 0 aliphatic carbocycles. The summed E-state index contributed by atoms with van der Waals surface area (Å²) in [6, 6.07) is 13.2. The van der Waals surface area contributed by atoms with Gasteiger partial charge >= 0.3 is 0 Å². The summed E-state index contributed by atoms with van der Waals surface area (Å²) in [6.45, 7) is 4.38. The van der Waals surface area contributed by atoms with Crippen molar-refractivity contribution in [2.45, 2.75) is 58.1 Å². The molecule has 30 heavy (non-hydrogen) atoms. The Morgan fingerprint density at radius 3 is 2.23 bits per heavy atom. The van der Waals surface area contributed by atoms with Crippen LogP contribution >= 0.6 is 0 Å². The highest BCUT2D eigenvalue weighted by Gasteiger charge is 2.18. The molecule has 0 spiro atoms. The lowest BCUT2D eigenvalue weighted by Gasteiger charge is -2.22. The SMILES string of the molecule is CCCCC(CCC)Oc1cc(/C(=C/N)C(N)c2ccc(OC)cc2)ccc1OC. The highest BCUT2D eigenvalue weighted by molar-refractivity contribution is 5.72. The maximum Gasteiger partial charge on any atom is 0.162 e. The number of rotatable bonds is 12. The van der Waals surface area contributed by atoms with Crippen molar-refractivity contribution in [3.05, 3.63) is 59.8 Å². The van der Waals surface area contributed by atoms with Crippen LogP contribution in [0.4, 0.5) is 0 Å². The van der Waals surface area contributed by atoms with Gasteiger partial charge in [-0.25, -0.2) is 0 Å². The summed E-state index contributed by atoms with van der Waals surface area (Å²) in [5.41, 5.74) is 15.2. The van der Waals surface area contributed by atoms with E-state index in [4.69, 9.17) is 25.7 Å². The van der Waals surface area contributed by atoms with Crippen LogP contribution in [0.25, 0.3) is 5.57 Å². The minimum Gasteiger partial charge on any atom is -0.497 e. The molecule has 5 heteroatoms. The molecule has 0 fully saturated rings. The van der Waals surface area contributed by atoms with E-state index >= 15 is 0 Å². The Morgan fingerprint density at radius 1 is 0.933 bits per heavy atom. The average molecular weight is 413 g/mol. The third-order valence-corrected chi connectivity index (χ3v) is 5.27. The summed E-state index contributed by atoms with van der Waals surface area (Å²) in [7, 11) is 3.30. The van der Waals surface area contributed by atoms with Crippen molar-refractivity contribution in [2.75, 3.05) is 14.2 Å². The molecule has 2 aromatic carbocycles. The van der Waals surface area contributed by atoms with E-state index < -0.39 is 0 Å². The molecule has 0 heterocycles. The lowest BCUT2D eigenvalue weighted by molar-refractivity contribution is 0.170. The van der Waals surface area contributed by atoms with Crippen LogP contribution in [0.1, 0.15) is 63.1 Å². The molecule has 0 saturated carbocycles. The lowest BCUT2D eigenvalue weighted by atomic mass is 9.94. The van der Waals surface area contributed by atoms with E-state index in [0.717, 1.165) is 60.3 Å². The predicted molar refractivity (Wildman–Crippen MR) is 124 cm³/mol. The third kappa shape index (κ3) is 6.17. The van der Waals surface area contributed by atoms with Gasteiger partial charge in [0.25, 0.3) is 0 Å². The third-order valence-electron chi connectivity index (χ3n) is 5.27. The van der Waals surface area contributed by atoms with Crippen molar-refractivity contribution < 1.29 is 14.2 Å². The van der Waals surface area contributed by atoms with E-state index in [2.05, 4.69) is 13.8 Å². The van der Waals surface area contributed by atoms with E-state index in [9.17, 15) is 0 Å². The Hall–Kier alpha value is -2.66. The average Bonchev–Trinajstić information content (AvgIpc) is 2.78. The van der Waals surface area contributed by atoms with Crippen molar-refractivity contribution in [2.24, 2.45) is 11.5 Å². The van der Waals surface area contributed by atoms with E-state index in [1.165, 1.54) is 0 Å². The molecule has 0 aliphatic rings. The van der Waals surface area contributed by atoms with Crippen molar-refractivity contribution >= 4 is 5.57 Å². The lowest BCUT2D eigenvalue weighted by Crippen LogP contribution is -2.17. The zero-order chi connectivity index (χ0) is 21.9. The van der Waals surface area contributed by atoms with Crippen LogP contribution in [-0.2, 0) is 0 Å². The monoisotopic (exact) mass is 412 g/mol. The summed E-state index contributed by atoms with van der Waals surface area (Å²) >= 11 is 0. The van der Waals surface area contributed by atoms with E-state index in [1.54, 1.807) is 20.4 Å². The van der Waals surface area contributed by atoms with Crippen LogP contribution in [-0.4, -0.2) is 20.3 Å². The zero-order valence-corrected chi connectivity index (χ0v) is 18.7. The van der Waals surface area contributed by atoms with Gasteiger partial charge in [0, 0.05) is 0 Å². The maximum absolute atomic E-state index is 6.55. The molecule has 4 N–H and O–H groups in total. The first kappa shape index (κ1) is 23.6. The van der Waals surface area contributed by atoms with Gasteiger partial charge in [0.15, 0.2) is 11.5 Å². The highest BCUT2D eigenvalue weighted by atomic mass is 16.5. The Labute approximate surface area is 181 Å². The smallest absolute Gasteiger partial charge is 0.162 e. The second-order valence-corrected chi connectivity index (χ2v) is 7.41. The van der Waals surface area contributed by atoms with Crippen molar-refractivity contribution in [1.82, 2.24) is 0 Å². The van der Waals surface area contributed by atoms with Gasteiger partial charge < -0.3 is 25.7 Å². The Kier molecular flexibility index (Phi) is 9.55. The van der Waals surface area contributed by atoms with Gasteiger partial charge in [-0.15, -0.1) is 0 Å². The van der Waals surface area contributed by atoms with E-state index in [1.807, 2.05) is 42.5 Å². The topological polar surface area (TPSA) is 79.7 Å². The molecular formula is C25H36N2O3. The van der Waals surface area contributed by atoms with Gasteiger partial charge in [0.2, 0.25) is 0 Å². The van der Waals surface area contributed by atoms with Crippen molar-refractivity contribution in [1.29, 1.82) is 0 Å². The fourth-order valence-electron chi connectivity index (χ4n) is 3.51. The minimum atomic E-state index is -0.367. The molecule has 0 radical (unpaired) electrons. The fraction of sp³-hybridized carbons (Fsp3) is 0.440. The molecule has 0 aromatic heterocycles. The summed E-state index contributed by atoms with van der Waals surface area (Å²) in [4.78, 5) is 0. The number of hydrogen-bond donors (Lipinski definition) is 2. The maximum atomic E-state index is 6.55. The molecule has 0 aliphatic heterocycles. The second kappa shape index (κ2) is 12.1. The van der Waals surface area contributed by atoms with Crippen LogP contribution < -0.4 is 25.7 Å². The van der Waals surface area contributed by atoms with Gasteiger partial charge in [-0.05, 0) is 60.0 Å². The van der Waals surface area contributed by atoms with E-state index in [0.29, 0.717) is 5.75 Å². The molecule has 2 atom stereocenters. The first-order valence-corrected chi connectivity index (χ1v) is 10.7. The molecule has 5 nitrogen and oxygen atoms in total. The first-order chi connectivity index (χ1) is 14.6. The van der Waals surface area contributed by atoms with Crippen LogP contribution in [0.2, 0.25) is 0 Å². The summed E-state index contributed by atoms with van der Waals surface area (Å²) in [6.07, 6.45) is 7.15. The van der Waals surface area contributed by atoms with Crippen molar-refractivity contribution in [3.63, 3.8) is 0 Å². The fourth-order valence-corrected chi connectivity index (χ4v) is 3.51. The van der Waals surface area contributed by atoms with Crippen LogP contribution in [0.5, 0.6) is 17.2 Å². The molecule has 0 amide bonds. The van der Waals surface area contributed by atoms with Gasteiger partial charge in [0.1, 0.15) is 5.75 Å². The number of hydrogen-bond acceptors (Lipinski definition) is 5. The number of ether oxygens (including phenoxy) is 3. The largest absolute Gasteiger partial charge is 0.497 e. The molecular weight excluding hydrogens is 376 g/mol. The summed E-state index contributed by atoms with van der Waals surface area (Å²) < 4.78 is 17.2. The second-order valence-electron chi connectivity index (χ2n) is 7.41. The molecule has 0 saturated heterocycles. The molecule has 2 unspecified atom stereocenters. The molecule has 2 aromatic rings. The first-order valence-electron chi connectivity index (χ1n) is 10.7. The molecule has 0 bridgehead atoms. The molecule has 164 valence electrons. The standard InChI is InChI=1S/C25H36N2O3/c1-5-7-9-21(8-6-2)30-24-16-19(12-15-23(24)29-4)22(17-26)25(27)18-10-13-20(28-3)14-11-18/h10-17,21,25H,5-9,26-27H2,1-4H3/b22-17-. The summed E-state index contributed by atoms with van der Waals surface area (Å²) in [5.74, 6) is 2.23. The van der Waals surface area contributed by atoms with Gasteiger partial charge in [-0.3, -0.25) is 0 Å².